The Kier molecular flexibility index (Phi) is 6.75. The summed E-state index contributed by atoms with van der Waals surface area (Å²) in [4.78, 5) is 0. The van der Waals surface area contributed by atoms with E-state index in [1.54, 1.807) is 0 Å². The number of anilines is 2. The minimum Gasteiger partial charge on any atom is -0.456 e. The number of hydrogen-bond acceptors (Lipinski definition) is 3. The summed E-state index contributed by atoms with van der Waals surface area (Å²) in [6, 6.07) is 47.3. The first kappa shape index (κ1) is 32.6. The summed E-state index contributed by atoms with van der Waals surface area (Å²) in [5, 5.41) is 11.3. The molecule has 0 spiro atoms. The summed E-state index contributed by atoms with van der Waals surface area (Å²) in [6.45, 7) is 13.7. The smallest absolute Gasteiger partial charge is 0.197 e. The topological polar surface area (TPSA) is 30.1 Å². The van der Waals surface area contributed by atoms with E-state index in [1.807, 2.05) is 11.3 Å². The van der Waals surface area contributed by atoms with Crippen LogP contribution < -0.4 is 16.2 Å². The molecule has 3 nitrogen and oxygen atoms in total. The van der Waals surface area contributed by atoms with Crippen LogP contribution in [0.3, 0.4) is 0 Å². The van der Waals surface area contributed by atoms with E-state index >= 15 is 0 Å². The van der Waals surface area contributed by atoms with E-state index in [9.17, 15) is 0 Å². The molecular formula is C50H40BN2OS. The third-order valence-electron chi connectivity index (χ3n) is 11.7. The van der Waals surface area contributed by atoms with Crippen LogP contribution in [0.15, 0.2) is 132 Å². The summed E-state index contributed by atoms with van der Waals surface area (Å²) >= 11 is 1.88. The second kappa shape index (κ2) is 11.4. The standard InChI is InChI=1S/C50H40BN2OS/c1-49(2,3)28-15-18-30(19-16-28)52-40-22-17-29(50(4,5)6)23-35(40)33-20-21-34-36-26-46-38(32-12-8-10-14-45(32)55-46)25-41(36)53-42-27-44-37(24-39(42)51-47(33)48(34)53)31-11-7-9-13-43(31)54-44/h7-27,52H,1-6H3. The maximum absolute atomic E-state index is 6.51. The van der Waals surface area contributed by atoms with Gasteiger partial charge in [0.2, 0.25) is 0 Å². The number of aromatic nitrogens is 1. The molecular weight excluding hydrogens is 687 g/mol. The fraction of sp³-hybridized carbons (Fsp3) is 0.160. The zero-order valence-electron chi connectivity index (χ0n) is 32.0. The fourth-order valence-electron chi connectivity index (χ4n) is 8.77. The monoisotopic (exact) mass is 727 g/mol. The highest BCUT2D eigenvalue weighted by atomic mass is 32.1. The molecule has 1 aliphatic rings. The average molecular weight is 728 g/mol. The second-order valence-electron chi connectivity index (χ2n) is 17.3. The Bertz CT molecular complexity index is 3220. The first-order valence-corrected chi connectivity index (χ1v) is 20.1. The van der Waals surface area contributed by atoms with Crippen molar-refractivity contribution >= 4 is 105 Å². The highest BCUT2D eigenvalue weighted by Crippen LogP contribution is 2.43. The maximum Gasteiger partial charge on any atom is 0.197 e. The Morgan fingerprint density at radius 3 is 2.11 bits per heavy atom. The number of para-hydroxylation sites is 1. The molecule has 0 bridgehead atoms. The Morgan fingerprint density at radius 2 is 1.31 bits per heavy atom. The largest absolute Gasteiger partial charge is 0.456 e. The summed E-state index contributed by atoms with van der Waals surface area (Å²) in [5.74, 6) is 0. The Hall–Kier alpha value is -5.78. The van der Waals surface area contributed by atoms with Crippen LogP contribution in [0.5, 0.6) is 0 Å². The molecule has 0 aliphatic carbocycles. The van der Waals surface area contributed by atoms with Crippen LogP contribution >= 0.6 is 11.3 Å². The number of fused-ring (bicyclic) bond motifs is 11. The maximum atomic E-state index is 6.51. The molecule has 7 aromatic carbocycles. The van der Waals surface area contributed by atoms with Gasteiger partial charge in [0.1, 0.15) is 11.2 Å². The molecule has 55 heavy (non-hydrogen) atoms. The minimum absolute atomic E-state index is 0.0172. The van der Waals surface area contributed by atoms with E-state index < -0.39 is 0 Å². The van der Waals surface area contributed by atoms with Crippen LogP contribution in [0, 0.1) is 0 Å². The quantitative estimate of drug-likeness (QED) is 0.184. The normalized spacial score (nSPS) is 13.1. The van der Waals surface area contributed by atoms with Gasteiger partial charge >= 0.3 is 0 Å². The molecule has 1 aliphatic heterocycles. The molecule has 4 heterocycles. The molecule has 0 saturated heterocycles. The summed E-state index contributed by atoms with van der Waals surface area (Å²) in [6.07, 6.45) is 0. The van der Waals surface area contributed by atoms with E-state index in [2.05, 4.69) is 186 Å². The van der Waals surface area contributed by atoms with Gasteiger partial charge in [-0.25, -0.2) is 0 Å². The summed E-state index contributed by atoms with van der Waals surface area (Å²) < 4.78 is 11.7. The SMILES string of the molecule is CC(C)(C)c1ccc(Nc2ccc(C(C)(C)C)cc2-c2ccc3c4cc5sc6ccccc6c5cc4n4c3c2[B]c2cc3c(cc2-4)oc2ccccc23)cc1. The van der Waals surface area contributed by atoms with E-state index in [-0.39, 0.29) is 10.8 Å². The van der Waals surface area contributed by atoms with E-state index in [0.717, 1.165) is 39.0 Å². The van der Waals surface area contributed by atoms with Crippen LogP contribution in [0.4, 0.5) is 11.4 Å². The van der Waals surface area contributed by atoms with Crippen LogP contribution in [0.1, 0.15) is 52.7 Å². The third-order valence-corrected chi connectivity index (χ3v) is 12.9. The molecule has 0 unspecified atom stereocenters. The number of benzene rings is 7. The highest BCUT2D eigenvalue weighted by molar-refractivity contribution is 7.25. The number of nitrogens with one attached hydrogen (secondary N) is 1. The lowest BCUT2D eigenvalue weighted by Gasteiger charge is -2.26. The third kappa shape index (κ3) is 4.95. The van der Waals surface area contributed by atoms with Gasteiger partial charge in [0, 0.05) is 75.9 Å². The number of thiophene rings is 1. The Morgan fingerprint density at radius 1 is 0.564 bits per heavy atom. The molecule has 1 radical (unpaired) electrons. The van der Waals surface area contributed by atoms with Crippen molar-refractivity contribution in [1.82, 2.24) is 4.57 Å². The zero-order chi connectivity index (χ0) is 37.4. The van der Waals surface area contributed by atoms with Crippen molar-refractivity contribution in [1.29, 1.82) is 0 Å². The van der Waals surface area contributed by atoms with Gasteiger partial charge in [0.05, 0.1) is 5.52 Å². The predicted octanol–water partition coefficient (Wildman–Crippen LogP) is 13.0. The summed E-state index contributed by atoms with van der Waals surface area (Å²) in [7, 11) is 2.43. The van der Waals surface area contributed by atoms with Gasteiger partial charge in [-0.05, 0) is 81.5 Å². The zero-order valence-corrected chi connectivity index (χ0v) is 32.8. The van der Waals surface area contributed by atoms with Crippen molar-refractivity contribution in [2.75, 3.05) is 5.32 Å². The van der Waals surface area contributed by atoms with Crippen molar-refractivity contribution in [3.05, 3.63) is 139 Å². The molecule has 0 atom stereocenters. The molecule has 10 aromatic rings. The van der Waals surface area contributed by atoms with Gasteiger partial charge in [0.15, 0.2) is 7.28 Å². The number of furan rings is 1. The Labute approximate surface area is 325 Å². The van der Waals surface area contributed by atoms with Crippen LogP contribution in [-0.4, -0.2) is 11.8 Å². The van der Waals surface area contributed by atoms with E-state index in [0.29, 0.717) is 0 Å². The first-order valence-electron chi connectivity index (χ1n) is 19.2. The minimum atomic E-state index is -0.0172. The Balaban J connectivity index is 1.20. The summed E-state index contributed by atoms with van der Waals surface area (Å²) in [5.41, 5.74) is 15.1. The van der Waals surface area contributed by atoms with E-state index in [4.69, 9.17) is 4.42 Å². The lowest BCUT2D eigenvalue weighted by atomic mass is 9.59. The molecule has 5 heteroatoms. The van der Waals surface area contributed by atoms with Crippen molar-refractivity contribution < 1.29 is 4.42 Å². The van der Waals surface area contributed by atoms with Crippen LogP contribution in [0.25, 0.3) is 80.7 Å². The van der Waals surface area contributed by atoms with Gasteiger partial charge in [-0.1, -0.05) is 120 Å². The average Bonchev–Trinajstić information content (AvgIpc) is 3.82. The molecule has 3 aromatic heterocycles. The molecule has 11 rings (SSSR count). The van der Waals surface area contributed by atoms with Crippen molar-refractivity contribution in [3.63, 3.8) is 0 Å². The number of hydrogen-bond donors (Lipinski definition) is 1. The number of rotatable bonds is 3. The molecule has 1 N–H and O–H groups in total. The first-order chi connectivity index (χ1) is 26.5. The highest BCUT2D eigenvalue weighted by Gasteiger charge is 2.29. The van der Waals surface area contributed by atoms with E-state index in [1.165, 1.54) is 75.2 Å². The van der Waals surface area contributed by atoms with Crippen LogP contribution in [-0.2, 0) is 10.8 Å². The van der Waals surface area contributed by atoms with Gasteiger partial charge in [-0.3, -0.25) is 0 Å². The van der Waals surface area contributed by atoms with Crippen molar-refractivity contribution in [3.8, 4) is 16.8 Å². The molecule has 0 amide bonds. The molecule has 265 valence electrons. The lowest BCUT2D eigenvalue weighted by molar-refractivity contribution is 0.590. The van der Waals surface area contributed by atoms with Gasteiger partial charge in [-0.15, -0.1) is 11.3 Å². The van der Waals surface area contributed by atoms with Gasteiger partial charge in [0.25, 0.3) is 0 Å². The van der Waals surface area contributed by atoms with Crippen molar-refractivity contribution in [2.45, 2.75) is 52.4 Å². The molecule has 0 fully saturated rings. The van der Waals surface area contributed by atoms with Gasteiger partial charge < -0.3 is 14.3 Å². The van der Waals surface area contributed by atoms with Crippen molar-refractivity contribution in [2.24, 2.45) is 0 Å². The lowest BCUT2D eigenvalue weighted by Crippen LogP contribution is -2.37. The second-order valence-corrected chi connectivity index (χ2v) is 18.4. The van der Waals surface area contributed by atoms with Crippen LogP contribution in [0.2, 0.25) is 0 Å². The molecule has 0 saturated carbocycles. The van der Waals surface area contributed by atoms with Gasteiger partial charge in [-0.2, -0.15) is 0 Å². The predicted molar refractivity (Wildman–Crippen MR) is 239 cm³/mol. The number of nitrogens with zero attached hydrogens (tertiary/aromatic N) is 1. The fourth-order valence-corrected chi connectivity index (χ4v) is 9.90.